The first-order valence-electron chi connectivity index (χ1n) is 5.52. The van der Waals surface area contributed by atoms with Gasteiger partial charge in [0.05, 0.1) is 0 Å². The zero-order valence-corrected chi connectivity index (χ0v) is 9.66. The van der Waals surface area contributed by atoms with Crippen molar-refractivity contribution in [2.24, 2.45) is 0 Å². The fraction of sp³-hybridized carbons (Fsp3) is 0.125. The predicted octanol–water partition coefficient (Wildman–Crippen LogP) is 4.52. The highest BCUT2D eigenvalue weighted by atomic mass is 14.1. The van der Waals surface area contributed by atoms with Crippen molar-refractivity contribution in [2.45, 2.75) is 13.3 Å². The van der Waals surface area contributed by atoms with Gasteiger partial charge in [-0.25, -0.2) is 0 Å². The first-order valence-corrected chi connectivity index (χ1v) is 5.52. The summed E-state index contributed by atoms with van der Waals surface area (Å²) in [7, 11) is 0. The van der Waals surface area contributed by atoms with Crippen LogP contribution in [0.1, 0.15) is 16.7 Å². The van der Waals surface area contributed by atoms with E-state index in [0.29, 0.717) is 0 Å². The van der Waals surface area contributed by atoms with E-state index in [2.05, 4.69) is 50.4 Å². The van der Waals surface area contributed by atoms with E-state index in [1.54, 1.807) is 0 Å². The van der Waals surface area contributed by atoms with Gasteiger partial charge in [0.15, 0.2) is 0 Å². The molecular formula is C16H16. The Balaban J connectivity index is 2.81. The summed E-state index contributed by atoms with van der Waals surface area (Å²) in [4.78, 5) is 0. The van der Waals surface area contributed by atoms with Crippen LogP contribution in [-0.2, 0) is 6.42 Å². The van der Waals surface area contributed by atoms with Crippen LogP contribution in [0.4, 0.5) is 0 Å². The third-order valence-electron chi connectivity index (χ3n) is 3.05. The highest BCUT2D eigenvalue weighted by Crippen LogP contribution is 2.26. The molecule has 0 saturated heterocycles. The van der Waals surface area contributed by atoms with Crippen LogP contribution in [0.15, 0.2) is 49.6 Å². The molecule has 0 aliphatic rings. The molecule has 0 aliphatic heterocycles. The molecule has 16 heavy (non-hydrogen) atoms. The van der Waals surface area contributed by atoms with Gasteiger partial charge in [-0.15, -0.1) is 6.58 Å². The minimum Gasteiger partial charge on any atom is -0.103 e. The molecule has 0 bridgehead atoms. The number of hydrogen-bond acceptors (Lipinski definition) is 0. The molecule has 2 aromatic carbocycles. The van der Waals surface area contributed by atoms with Crippen molar-refractivity contribution in [1.29, 1.82) is 0 Å². The fourth-order valence-electron chi connectivity index (χ4n) is 2.20. The monoisotopic (exact) mass is 208 g/mol. The Labute approximate surface area is 96.9 Å². The topological polar surface area (TPSA) is 0 Å². The fourth-order valence-corrected chi connectivity index (χ4v) is 2.20. The van der Waals surface area contributed by atoms with Crippen LogP contribution in [0.2, 0.25) is 0 Å². The van der Waals surface area contributed by atoms with E-state index in [4.69, 9.17) is 0 Å². The van der Waals surface area contributed by atoms with Crippen LogP contribution in [0.3, 0.4) is 0 Å². The van der Waals surface area contributed by atoms with Gasteiger partial charge < -0.3 is 0 Å². The van der Waals surface area contributed by atoms with Gasteiger partial charge in [0.25, 0.3) is 0 Å². The van der Waals surface area contributed by atoms with Gasteiger partial charge >= 0.3 is 0 Å². The maximum atomic E-state index is 3.89. The lowest BCUT2D eigenvalue weighted by atomic mass is 9.93. The molecule has 0 aromatic heterocycles. The minimum absolute atomic E-state index is 0.901. The van der Waals surface area contributed by atoms with Crippen LogP contribution in [-0.4, -0.2) is 0 Å². The molecule has 0 nitrogen and oxygen atoms in total. The summed E-state index contributed by atoms with van der Waals surface area (Å²) in [6.07, 6.45) is 4.78. The maximum Gasteiger partial charge on any atom is -0.00913 e. The molecule has 2 aromatic rings. The average Bonchev–Trinajstić information content (AvgIpc) is 2.33. The molecule has 0 amide bonds. The molecule has 0 heteroatoms. The van der Waals surface area contributed by atoms with E-state index in [-0.39, 0.29) is 0 Å². The zero-order chi connectivity index (χ0) is 11.5. The molecule has 0 aliphatic carbocycles. The van der Waals surface area contributed by atoms with Crippen LogP contribution < -0.4 is 0 Å². The van der Waals surface area contributed by atoms with E-state index in [9.17, 15) is 0 Å². The molecule has 0 spiro atoms. The summed E-state index contributed by atoms with van der Waals surface area (Å²) in [5.41, 5.74) is 3.90. The van der Waals surface area contributed by atoms with Gasteiger partial charge in [0, 0.05) is 0 Å². The Bertz CT molecular complexity index is 547. The SMILES string of the molecule is C=CCc1c(C=C)cc2ccccc2c1C. The largest absolute Gasteiger partial charge is 0.103 e. The summed E-state index contributed by atoms with van der Waals surface area (Å²) >= 11 is 0. The van der Waals surface area contributed by atoms with Crippen LogP contribution in [0.5, 0.6) is 0 Å². The molecule has 0 atom stereocenters. The van der Waals surface area contributed by atoms with Crippen molar-refractivity contribution in [1.82, 2.24) is 0 Å². The lowest BCUT2D eigenvalue weighted by Gasteiger charge is -2.12. The highest BCUT2D eigenvalue weighted by Gasteiger charge is 2.06. The number of benzene rings is 2. The second kappa shape index (κ2) is 4.36. The lowest BCUT2D eigenvalue weighted by molar-refractivity contribution is 1.23. The average molecular weight is 208 g/mol. The minimum atomic E-state index is 0.901. The smallest absolute Gasteiger partial charge is 0.00913 e. The first-order chi connectivity index (χ1) is 7.77. The lowest BCUT2D eigenvalue weighted by Crippen LogP contribution is -1.93. The van der Waals surface area contributed by atoms with Gasteiger partial charge in [-0.2, -0.15) is 0 Å². The summed E-state index contributed by atoms with van der Waals surface area (Å²) in [5, 5.41) is 2.60. The molecular weight excluding hydrogens is 192 g/mol. The van der Waals surface area contributed by atoms with Crippen LogP contribution in [0, 0.1) is 6.92 Å². The Morgan fingerprint density at radius 1 is 1.19 bits per heavy atom. The van der Waals surface area contributed by atoms with Gasteiger partial charge in [0.2, 0.25) is 0 Å². The molecule has 2 rings (SSSR count). The number of rotatable bonds is 3. The first kappa shape index (κ1) is 10.7. The molecule has 0 unspecified atom stereocenters. The van der Waals surface area contributed by atoms with Crippen LogP contribution >= 0.6 is 0 Å². The van der Waals surface area contributed by atoms with E-state index in [1.165, 1.54) is 27.5 Å². The molecule has 0 saturated carbocycles. The third kappa shape index (κ3) is 1.67. The Kier molecular flexibility index (Phi) is 2.91. The van der Waals surface area contributed by atoms with Crippen molar-refractivity contribution in [3.63, 3.8) is 0 Å². The standard InChI is InChI=1S/C16H16/c1-4-8-15-12(3)16-10-7-6-9-14(16)11-13(15)5-2/h4-7,9-11H,1-2,8H2,3H3. The second-order valence-corrected chi connectivity index (χ2v) is 3.99. The molecule has 0 radical (unpaired) electrons. The van der Waals surface area contributed by atoms with Crippen molar-refractivity contribution in [3.8, 4) is 0 Å². The Morgan fingerprint density at radius 3 is 2.62 bits per heavy atom. The van der Waals surface area contributed by atoms with E-state index in [0.717, 1.165) is 6.42 Å². The van der Waals surface area contributed by atoms with Gasteiger partial charge in [-0.05, 0) is 46.9 Å². The van der Waals surface area contributed by atoms with E-state index in [1.807, 2.05) is 12.2 Å². The zero-order valence-electron chi connectivity index (χ0n) is 9.66. The number of allylic oxidation sites excluding steroid dienone is 1. The quantitative estimate of drug-likeness (QED) is 0.650. The molecule has 0 N–H and O–H groups in total. The van der Waals surface area contributed by atoms with Gasteiger partial charge in [0.1, 0.15) is 0 Å². The molecule has 0 fully saturated rings. The van der Waals surface area contributed by atoms with Crippen LogP contribution in [0.25, 0.3) is 16.8 Å². The predicted molar refractivity (Wildman–Crippen MR) is 72.7 cm³/mol. The second-order valence-electron chi connectivity index (χ2n) is 3.99. The molecule has 0 heterocycles. The Hall–Kier alpha value is -1.82. The maximum absolute atomic E-state index is 3.89. The Morgan fingerprint density at radius 2 is 1.94 bits per heavy atom. The van der Waals surface area contributed by atoms with Crippen molar-refractivity contribution >= 4 is 16.8 Å². The highest BCUT2D eigenvalue weighted by molar-refractivity contribution is 5.89. The number of aryl methyl sites for hydroxylation is 1. The molecule has 80 valence electrons. The van der Waals surface area contributed by atoms with E-state index >= 15 is 0 Å². The number of hydrogen-bond donors (Lipinski definition) is 0. The van der Waals surface area contributed by atoms with Crippen molar-refractivity contribution in [2.75, 3.05) is 0 Å². The number of fused-ring (bicyclic) bond motifs is 1. The summed E-state index contributed by atoms with van der Waals surface area (Å²) in [6, 6.07) is 10.7. The normalized spacial score (nSPS) is 10.3. The third-order valence-corrected chi connectivity index (χ3v) is 3.05. The van der Waals surface area contributed by atoms with Crippen molar-refractivity contribution < 1.29 is 0 Å². The van der Waals surface area contributed by atoms with E-state index < -0.39 is 0 Å². The van der Waals surface area contributed by atoms with Crippen molar-refractivity contribution in [3.05, 3.63) is 66.3 Å². The summed E-state index contributed by atoms with van der Waals surface area (Å²) in [5.74, 6) is 0. The summed E-state index contributed by atoms with van der Waals surface area (Å²) < 4.78 is 0. The summed E-state index contributed by atoms with van der Waals surface area (Å²) in [6.45, 7) is 9.88. The van der Waals surface area contributed by atoms with Gasteiger partial charge in [-0.1, -0.05) is 43.0 Å². The van der Waals surface area contributed by atoms with Gasteiger partial charge in [-0.3, -0.25) is 0 Å².